The molecule has 0 amide bonds. The zero-order valence-electron chi connectivity index (χ0n) is 9.50. The summed E-state index contributed by atoms with van der Waals surface area (Å²) in [6.45, 7) is 6.87. The SMILES string of the molecule is Cc1ccc(C(=N)N)cc1OCC(C)C. The van der Waals surface area contributed by atoms with Crippen molar-refractivity contribution in [3.05, 3.63) is 29.3 Å². The number of hydrogen-bond acceptors (Lipinski definition) is 2. The van der Waals surface area contributed by atoms with Crippen LogP contribution in [-0.2, 0) is 0 Å². The van der Waals surface area contributed by atoms with E-state index in [0.29, 0.717) is 18.1 Å². The van der Waals surface area contributed by atoms with Gasteiger partial charge < -0.3 is 10.5 Å². The summed E-state index contributed by atoms with van der Waals surface area (Å²) in [6, 6.07) is 5.58. The number of ether oxygens (including phenoxy) is 1. The van der Waals surface area contributed by atoms with Crippen LogP contribution in [0.3, 0.4) is 0 Å². The Morgan fingerprint density at radius 1 is 1.47 bits per heavy atom. The molecule has 0 atom stereocenters. The molecule has 3 N–H and O–H groups in total. The molecule has 3 heteroatoms. The molecule has 0 saturated heterocycles. The molecule has 0 saturated carbocycles. The molecule has 0 unspecified atom stereocenters. The lowest BCUT2D eigenvalue weighted by atomic mass is 10.1. The number of amidine groups is 1. The van der Waals surface area contributed by atoms with Gasteiger partial charge in [-0.3, -0.25) is 5.41 Å². The zero-order chi connectivity index (χ0) is 11.4. The van der Waals surface area contributed by atoms with Gasteiger partial charge in [0.2, 0.25) is 0 Å². The lowest BCUT2D eigenvalue weighted by Crippen LogP contribution is -2.12. The topological polar surface area (TPSA) is 59.1 Å². The molecule has 0 spiro atoms. The van der Waals surface area contributed by atoms with E-state index in [0.717, 1.165) is 11.3 Å². The first-order valence-electron chi connectivity index (χ1n) is 5.08. The van der Waals surface area contributed by atoms with E-state index < -0.39 is 0 Å². The number of nitrogen functional groups attached to an aromatic ring is 1. The monoisotopic (exact) mass is 206 g/mol. The van der Waals surface area contributed by atoms with Crippen LogP contribution in [0.2, 0.25) is 0 Å². The second-order valence-electron chi connectivity index (χ2n) is 4.10. The Morgan fingerprint density at radius 2 is 2.13 bits per heavy atom. The Bertz CT molecular complexity index is 359. The molecular formula is C12H18N2O. The van der Waals surface area contributed by atoms with Crippen molar-refractivity contribution in [1.82, 2.24) is 0 Å². The summed E-state index contributed by atoms with van der Waals surface area (Å²) < 4.78 is 5.64. The van der Waals surface area contributed by atoms with Gasteiger partial charge in [0.15, 0.2) is 0 Å². The van der Waals surface area contributed by atoms with E-state index in [1.165, 1.54) is 0 Å². The van der Waals surface area contributed by atoms with Crippen LogP contribution in [0.1, 0.15) is 25.0 Å². The Kier molecular flexibility index (Phi) is 3.72. The lowest BCUT2D eigenvalue weighted by Gasteiger charge is -2.12. The van der Waals surface area contributed by atoms with E-state index in [2.05, 4.69) is 13.8 Å². The van der Waals surface area contributed by atoms with Gasteiger partial charge in [-0.1, -0.05) is 26.0 Å². The van der Waals surface area contributed by atoms with Crippen molar-refractivity contribution < 1.29 is 4.74 Å². The molecule has 1 rings (SSSR count). The predicted octanol–water partition coefficient (Wildman–Crippen LogP) is 2.31. The number of aryl methyl sites for hydroxylation is 1. The van der Waals surface area contributed by atoms with E-state index in [-0.39, 0.29) is 5.84 Å². The molecule has 1 aromatic carbocycles. The van der Waals surface area contributed by atoms with Crippen LogP contribution in [0.15, 0.2) is 18.2 Å². The van der Waals surface area contributed by atoms with E-state index in [9.17, 15) is 0 Å². The molecule has 0 radical (unpaired) electrons. The Balaban J connectivity index is 2.85. The highest BCUT2D eigenvalue weighted by Crippen LogP contribution is 2.19. The molecule has 82 valence electrons. The summed E-state index contributed by atoms with van der Waals surface area (Å²) in [5, 5.41) is 7.34. The van der Waals surface area contributed by atoms with Crippen molar-refractivity contribution in [2.24, 2.45) is 11.7 Å². The van der Waals surface area contributed by atoms with Crippen LogP contribution in [0.5, 0.6) is 5.75 Å². The van der Waals surface area contributed by atoms with Crippen molar-refractivity contribution in [3.63, 3.8) is 0 Å². The van der Waals surface area contributed by atoms with E-state index in [1.54, 1.807) is 0 Å². The maximum atomic E-state index is 7.34. The second-order valence-corrected chi connectivity index (χ2v) is 4.10. The first-order valence-corrected chi connectivity index (χ1v) is 5.08. The highest BCUT2D eigenvalue weighted by atomic mass is 16.5. The molecule has 3 nitrogen and oxygen atoms in total. The maximum absolute atomic E-state index is 7.34. The van der Waals surface area contributed by atoms with Crippen LogP contribution >= 0.6 is 0 Å². The molecule has 15 heavy (non-hydrogen) atoms. The molecule has 0 aliphatic heterocycles. The number of rotatable bonds is 4. The van der Waals surface area contributed by atoms with Gasteiger partial charge in [0, 0.05) is 5.56 Å². The van der Waals surface area contributed by atoms with Gasteiger partial charge in [0.05, 0.1) is 6.61 Å². The van der Waals surface area contributed by atoms with Crippen molar-refractivity contribution in [3.8, 4) is 5.75 Å². The molecule has 0 heterocycles. The van der Waals surface area contributed by atoms with Gasteiger partial charge in [0.1, 0.15) is 11.6 Å². The fourth-order valence-corrected chi connectivity index (χ4v) is 1.18. The molecule has 1 aromatic rings. The van der Waals surface area contributed by atoms with E-state index in [4.69, 9.17) is 15.9 Å². The molecular weight excluding hydrogens is 188 g/mol. The largest absolute Gasteiger partial charge is 0.493 e. The van der Waals surface area contributed by atoms with Crippen LogP contribution in [0.25, 0.3) is 0 Å². The highest BCUT2D eigenvalue weighted by Gasteiger charge is 2.04. The fourth-order valence-electron chi connectivity index (χ4n) is 1.18. The van der Waals surface area contributed by atoms with E-state index >= 15 is 0 Å². The highest BCUT2D eigenvalue weighted by molar-refractivity contribution is 5.95. The van der Waals surface area contributed by atoms with Gasteiger partial charge in [-0.2, -0.15) is 0 Å². The minimum Gasteiger partial charge on any atom is -0.493 e. The minimum absolute atomic E-state index is 0.0735. The maximum Gasteiger partial charge on any atom is 0.122 e. The van der Waals surface area contributed by atoms with Crippen molar-refractivity contribution in [2.75, 3.05) is 6.61 Å². The summed E-state index contributed by atoms with van der Waals surface area (Å²) in [5.74, 6) is 1.38. The summed E-state index contributed by atoms with van der Waals surface area (Å²) in [5.41, 5.74) is 7.19. The smallest absolute Gasteiger partial charge is 0.122 e. The van der Waals surface area contributed by atoms with Gasteiger partial charge in [-0.15, -0.1) is 0 Å². The normalized spacial score (nSPS) is 10.4. The Morgan fingerprint density at radius 3 is 2.67 bits per heavy atom. The average molecular weight is 206 g/mol. The quantitative estimate of drug-likeness (QED) is 0.586. The second kappa shape index (κ2) is 4.82. The number of hydrogen-bond donors (Lipinski definition) is 2. The Hall–Kier alpha value is -1.51. The first kappa shape index (κ1) is 11.6. The van der Waals surface area contributed by atoms with Crippen molar-refractivity contribution >= 4 is 5.84 Å². The third-order valence-electron chi connectivity index (χ3n) is 2.07. The van der Waals surface area contributed by atoms with Crippen LogP contribution in [0.4, 0.5) is 0 Å². The van der Waals surface area contributed by atoms with Crippen molar-refractivity contribution in [1.29, 1.82) is 5.41 Å². The van der Waals surface area contributed by atoms with Crippen LogP contribution in [0, 0.1) is 18.3 Å². The standard InChI is InChI=1S/C12H18N2O/c1-8(2)7-15-11-6-10(12(13)14)5-4-9(11)3/h4-6,8H,7H2,1-3H3,(H3,13,14). The first-order chi connectivity index (χ1) is 7.00. The molecule has 0 bridgehead atoms. The summed E-state index contributed by atoms with van der Waals surface area (Å²) in [7, 11) is 0. The summed E-state index contributed by atoms with van der Waals surface area (Å²) in [4.78, 5) is 0. The predicted molar refractivity (Wildman–Crippen MR) is 62.5 cm³/mol. The van der Waals surface area contributed by atoms with Crippen LogP contribution < -0.4 is 10.5 Å². The summed E-state index contributed by atoms with van der Waals surface area (Å²) in [6.07, 6.45) is 0. The Labute approximate surface area is 90.8 Å². The van der Waals surface area contributed by atoms with Gasteiger partial charge >= 0.3 is 0 Å². The number of nitrogens with two attached hydrogens (primary N) is 1. The van der Waals surface area contributed by atoms with Gasteiger partial charge in [-0.25, -0.2) is 0 Å². The average Bonchev–Trinajstić information content (AvgIpc) is 2.16. The van der Waals surface area contributed by atoms with Gasteiger partial charge in [0.25, 0.3) is 0 Å². The zero-order valence-corrected chi connectivity index (χ0v) is 9.50. The number of benzene rings is 1. The lowest BCUT2D eigenvalue weighted by molar-refractivity contribution is 0.269. The summed E-state index contributed by atoms with van der Waals surface area (Å²) >= 11 is 0. The third kappa shape index (κ3) is 3.27. The minimum atomic E-state index is 0.0735. The fraction of sp³-hybridized carbons (Fsp3) is 0.417. The van der Waals surface area contributed by atoms with Crippen LogP contribution in [-0.4, -0.2) is 12.4 Å². The molecule has 0 aromatic heterocycles. The molecule has 0 aliphatic carbocycles. The molecule has 0 aliphatic rings. The third-order valence-corrected chi connectivity index (χ3v) is 2.07. The van der Waals surface area contributed by atoms with Crippen molar-refractivity contribution in [2.45, 2.75) is 20.8 Å². The number of nitrogens with one attached hydrogen (secondary N) is 1. The molecule has 0 fully saturated rings. The van der Waals surface area contributed by atoms with Gasteiger partial charge in [-0.05, 0) is 24.5 Å². The van der Waals surface area contributed by atoms with E-state index in [1.807, 2.05) is 25.1 Å².